The Balaban J connectivity index is 2.40. The number of aromatic amines is 1. The third kappa shape index (κ3) is 1.95. The summed E-state index contributed by atoms with van der Waals surface area (Å²) in [5, 5.41) is 0.120. The fourth-order valence-electron chi connectivity index (χ4n) is 2.02. The van der Waals surface area contributed by atoms with Gasteiger partial charge in [0.15, 0.2) is 23.3 Å². The van der Waals surface area contributed by atoms with E-state index in [4.69, 9.17) is 0 Å². The molecule has 0 atom stereocenters. The van der Waals surface area contributed by atoms with Crippen LogP contribution in [-0.2, 0) is 0 Å². The second-order valence-corrected chi connectivity index (χ2v) is 4.38. The molecule has 1 aromatic heterocycles. The molecule has 0 amide bonds. The zero-order valence-electron chi connectivity index (χ0n) is 10.6. The minimum Gasteiger partial charge on any atom is -0.306 e. The fourth-order valence-corrected chi connectivity index (χ4v) is 2.02. The molecule has 0 aliphatic carbocycles. The van der Waals surface area contributed by atoms with Crippen LogP contribution in [-0.4, -0.2) is 9.97 Å². The molecule has 3 rings (SSSR count). The van der Waals surface area contributed by atoms with Crippen LogP contribution in [0.25, 0.3) is 22.3 Å². The molecule has 22 heavy (non-hydrogen) atoms. The number of aromatic nitrogens is 2. The van der Waals surface area contributed by atoms with Gasteiger partial charge in [-0.25, -0.2) is 26.9 Å². The largest absolute Gasteiger partial charge is 0.306 e. The summed E-state index contributed by atoms with van der Waals surface area (Å²) in [5.41, 5.74) is -1.98. The number of benzene rings is 2. The van der Waals surface area contributed by atoms with Crippen molar-refractivity contribution < 1.29 is 22.0 Å². The van der Waals surface area contributed by atoms with Crippen LogP contribution in [0.1, 0.15) is 0 Å². The number of hydrogen-bond acceptors (Lipinski definition) is 2. The molecular weight excluding hydrogens is 307 g/mol. The number of hydrogen-bond donors (Lipinski definition) is 1. The lowest BCUT2D eigenvalue weighted by molar-refractivity contribution is 0.381. The van der Waals surface area contributed by atoms with Gasteiger partial charge >= 0.3 is 0 Å². The van der Waals surface area contributed by atoms with Crippen molar-refractivity contribution in [3.8, 4) is 11.4 Å². The quantitative estimate of drug-likeness (QED) is 0.426. The Hall–Kier alpha value is -2.77. The summed E-state index contributed by atoms with van der Waals surface area (Å²) in [5.74, 6) is -11.3. The molecule has 0 saturated heterocycles. The molecule has 0 fully saturated rings. The molecule has 0 aliphatic heterocycles. The van der Waals surface area contributed by atoms with Gasteiger partial charge in [-0.05, 0) is 12.1 Å². The summed E-state index contributed by atoms with van der Waals surface area (Å²) < 4.78 is 66.9. The lowest BCUT2D eigenvalue weighted by atomic mass is 10.1. The van der Waals surface area contributed by atoms with Gasteiger partial charge in [-0.15, -0.1) is 0 Å². The second kappa shape index (κ2) is 4.90. The van der Waals surface area contributed by atoms with Crippen molar-refractivity contribution in [3.05, 3.63) is 63.7 Å². The van der Waals surface area contributed by atoms with Gasteiger partial charge in [0.2, 0.25) is 5.82 Å². The molecule has 0 bridgehead atoms. The molecular formula is C14H5F5N2O. The normalized spacial score (nSPS) is 11.1. The molecule has 2 aromatic carbocycles. The highest BCUT2D eigenvalue weighted by molar-refractivity contribution is 5.79. The number of nitrogens with zero attached hydrogens (tertiary/aromatic N) is 1. The highest BCUT2D eigenvalue weighted by Gasteiger charge is 2.28. The predicted octanol–water partition coefficient (Wildman–Crippen LogP) is 3.29. The van der Waals surface area contributed by atoms with Gasteiger partial charge in [0.1, 0.15) is 5.82 Å². The molecule has 0 radical (unpaired) electrons. The molecule has 0 spiro atoms. The molecule has 0 unspecified atom stereocenters. The maximum absolute atomic E-state index is 13.7. The first-order chi connectivity index (χ1) is 10.4. The van der Waals surface area contributed by atoms with E-state index in [2.05, 4.69) is 4.98 Å². The van der Waals surface area contributed by atoms with Gasteiger partial charge < -0.3 is 4.98 Å². The van der Waals surface area contributed by atoms with Gasteiger partial charge in [-0.1, -0.05) is 12.1 Å². The maximum atomic E-state index is 13.7. The van der Waals surface area contributed by atoms with Crippen molar-refractivity contribution in [1.82, 2.24) is 9.97 Å². The molecule has 112 valence electrons. The Morgan fingerprint density at radius 1 is 0.818 bits per heavy atom. The first-order valence-electron chi connectivity index (χ1n) is 5.92. The predicted molar refractivity (Wildman–Crippen MR) is 67.6 cm³/mol. The van der Waals surface area contributed by atoms with Crippen LogP contribution in [0.15, 0.2) is 29.1 Å². The standard InChI is InChI=1S/C14H5F5N2O/c15-8-7(9(16)11(18)12(19)10(8)17)13-20-6-4-2-1-3-5(6)14(22)21-13/h1-4H,(H,20,21,22). The summed E-state index contributed by atoms with van der Waals surface area (Å²) in [7, 11) is 0. The zero-order chi connectivity index (χ0) is 16.0. The van der Waals surface area contributed by atoms with E-state index in [-0.39, 0.29) is 10.9 Å². The molecule has 3 nitrogen and oxygen atoms in total. The Morgan fingerprint density at radius 3 is 2.00 bits per heavy atom. The number of rotatable bonds is 1. The van der Waals surface area contributed by atoms with Crippen LogP contribution in [0.5, 0.6) is 0 Å². The molecule has 0 saturated carbocycles. The van der Waals surface area contributed by atoms with E-state index in [1.807, 2.05) is 4.98 Å². The molecule has 0 aliphatic rings. The van der Waals surface area contributed by atoms with Gasteiger partial charge in [0.25, 0.3) is 5.56 Å². The number of nitrogens with one attached hydrogen (secondary N) is 1. The highest BCUT2D eigenvalue weighted by Crippen LogP contribution is 2.29. The van der Waals surface area contributed by atoms with E-state index in [0.717, 1.165) is 0 Å². The van der Waals surface area contributed by atoms with Gasteiger partial charge in [0.05, 0.1) is 16.5 Å². The Kier molecular flexibility index (Phi) is 3.16. The van der Waals surface area contributed by atoms with Crippen molar-refractivity contribution >= 4 is 10.9 Å². The Bertz CT molecular complexity index is 938. The highest BCUT2D eigenvalue weighted by atomic mass is 19.2. The smallest absolute Gasteiger partial charge is 0.259 e. The van der Waals surface area contributed by atoms with Crippen LogP contribution < -0.4 is 5.56 Å². The summed E-state index contributed by atoms with van der Waals surface area (Å²) >= 11 is 0. The van der Waals surface area contributed by atoms with Crippen molar-refractivity contribution in [1.29, 1.82) is 0 Å². The lowest BCUT2D eigenvalue weighted by Crippen LogP contribution is -2.12. The second-order valence-electron chi connectivity index (χ2n) is 4.38. The monoisotopic (exact) mass is 312 g/mol. The van der Waals surface area contributed by atoms with Gasteiger partial charge in [-0.3, -0.25) is 4.79 Å². The summed E-state index contributed by atoms with van der Waals surface area (Å²) in [6, 6.07) is 5.83. The maximum Gasteiger partial charge on any atom is 0.259 e. The molecule has 8 heteroatoms. The molecule has 1 heterocycles. The van der Waals surface area contributed by atoms with E-state index in [9.17, 15) is 26.7 Å². The average molecular weight is 312 g/mol. The van der Waals surface area contributed by atoms with Crippen LogP contribution in [0.4, 0.5) is 22.0 Å². The van der Waals surface area contributed by atoms with Crippen molar-refractivity contribution in [2.24, 2.45) is 0 Å². The van der Waals surface area contributed by atoms with E-state index in [1.54, 1.807) is 0 Å². The van der Waals surface area contributed by atoms with E-state index in [0.29, 0.717) is 0 Å². The summed E-state index contributed by atoms with van der Waals surface area (Å²) in [4.78, 5) is 17.6. The van der Waals surface area contributed by atoms with Crippen LogP contribution in [0.3, 0.4) is 0 Å². The van der Waals surface area contributed by atoms with Crippen molar-refractivity contribution in [2.45, 2.75) is 0 Å². The van der Waals surface area contributed by atoms with Crippen LogP contribution in [0, 0.1) is 29.1 Å². The minimum absolute atomic E-state index is 0.0604. The molecule has 1 N–H and O–H groups in total. The lowest BCUT2D eigenvalue weighted by Gasteiger charge is -2.08. The third-order valence-electron chi connectivity index (χ3n) is 3.06. The Morgan fingerprint density at radius 2 is 1.36 bits per heavy atom. The van der Waals surface area contributed by atoms with Crippen molar-refractivity contribution in [3.63, 3.8) is 0 Å². The average Bonchev–Trinajstić information content (AvgIpc) is 2.51. The summed E-state index contributed by atoms with van der Waals surface area (Å²) in [6.07, 6.45) is 0. The number of halogens is 5. The summed E-state index contributed by atoms with van der Waals surface area (Å²) in [6.45, 7) is 0. The van der Waals surface area contributed by atoms with Crippen LogP contribution >= 0.6 is 0 Å². The van der Waals surface area contributed by atoms with Gasteiger partial charge in [0, 0.05) is 0 Å². The Labute approximate surface area is 119 Å². The third-order valence-corrected chi connectivity index (χ3v) is 3.06. The van der Waals surface area contributed by atoms with E-state index in [1.165, 1.54) is 24.3 Å². The van der Waals surface area contributed by atoms with E-state index < -0.39 is 46.0 Å². The van der Waals surface area contributed by atoms with E-state index >= 15 is 0 Å². The topological polar surface area (TPSA) is 45.8 Å². The molecule has 3 aromatic rings. The minimum atomic E-state index is -2.28. The fraction of sp³-hybridized carbons (Fsp3) is 0. The SMILES string of the molecule is O=c1[nH]c(-c2c(F)c(F)c(F)c(F)c2F)nc2ccccc12. The first-order valence-corrected chi connectivity index (χ1v) is 5.92. The first kappa shape index (κ1) is 14.2. The van der Waals surface area contributed by atoms with Crippen LogP contribution in [0.2, 0.25) is 0 Å². The zero-order valence-corrected chi connectivity index (χ0v) is 10.6. The number of para-hydroxylation sites is 1. The number of fused-ring (bicyclic) bond motifs is 1. The van der Waals surface area contributed by atoms with Gasteiger partial charge in [-0.2, -0.15) is 0 Å². The number of H-pyrrole nitrogens is 1. The van der Waals surface area contributed by atoms with Crippen molar-refractivity contribution in [2.75, 3.05) is 0 Å².